The van der Waals surface area contributed by atoms with Crippen molar-refractivity contribution >= 4 is 11.6 Å². The van der Waals surface area contributed by atoms with E-state index in [2.05, 4.69) is 29.6 Å². The van der Waals surface area contributed by atoms with E-state index in [1.165, 1.54) is 5.56 Å². The lowest BCUT2D eigenvalue weighted by atomic mass is 10.1. The molecule has 0 aliphatic rings. The average molecular weight is 402 g/mol. The van der Waals surface area contributed by atoms with Gasteiger partial charge in [-0.05, 0) is 80.4 Å². The van der Waals surface area contributed by atoms with Crippen LogP contribution in [0.1, 0.15) is 40.9 Å². The maximum Gasteiger partial charge on any atom is 0.271 e. The highest BCUT2D eigenvalue weighted by Gasteiger charge is 2.06. The van der Waals surface area contributed by atoms with Crippen LogP contribution in [0.2, 0.25) is 0 Å². The van der Waals surface area contributed by atoms with Crippen LogP contribution in [0.4, 0.5) is 0 Å². The van der Waals surface area contributed by atoms with Crippen LogP contribution in [0, 0.1) is 6.92 Å². The van der Waals surface area contributed by atoms with Crippen molar-refractivity contribution in [2.45, 2.75) is 27.4 Å². The van der Waals surface area contributed by atoms with Gasteiger partial charge in [-0.3, -0.25) is 4.79 Å². The van der Waals surface area contributed by atoms with Crippen molar-refractivity contribution in [2.75, 3.05) is 6.61 Å². The fourth-order valence-electron chi connectivity index (χ4n) is 2.78. The van der Waals surface area contributed by atoms with E-state index in [1.807, 2.05) is 50.2 Å². The zero-order valence-electron chi connectivity index (χ0n) is 17.5. The lowest BCUT2D eigenvalue weighted by molar-refractivity contribution is 0.0955. The molecular formula is C25H26N2O3. The highest BCUT2D eigenvalue weighted by molar-refractivity contribution is 6.00. The number of benzene rings is 3. The molecule has 1 N–H and O–H groups in total. The maximum absolute atomic E-state index is 12.4. The van der Waals surface area contributed by atoms with Crippen LogP contribution in [-0.4, -0.2) is 18.2 Å². The van der Waals surface area contributed by atoms with Crippen LogP contribution in [0.3, 0.4) is 0 Å². The molecule has 0 saturated carbocycles. The number of nitrogens with zero attached hydrogens (tertiary/aromatic N) is 1. The van der Waals surface area contributed by atoms with Crippen LogP contribution in [0.15, 0.2) is 77.9 Å². The van der Waals surface area contributed by atoms with Crippen molar-refractivity contribution in [3.05, 3.63) is 95.1 Å². The van der Waals surface area contributed by atoms with Gasteiger partial charge in [0.25, 0.3) is 5.91 Å². The minimum absolute atomic E-state index is 0.273. The number of hydrogen-bond acceptors (Lipinski definition) is 4. The molecule has 0 unspecified atom stereocenters. The Labute approximate surface area is 177 Å². The van der Waals surface area contributed by atoms with Gasteiger partial charge >= 0.3 is 0 Å². The third-order valence-corrected chi connectivity index (χ3v) is 4.55. The van der Waals surface area contributed by atoms with Gasteiger partial charge in [0.15, 0.2) is 0 Å². The zero-order chi connectivity index (χ0) is 21.3. The van der Waals surface area contributed by atoms with Crippen molar-refractivity contribution in [3.63, 3.8) is 0 Å². The minimum atomic E-state index is -0.273. The van der Waals surface area contributed by atoms with Crippen molar-refractivity contribution in [3.8, 4) is 11.5 Å². The van der Waals surface area contributed by atoms with Crippen molar-refractivity contribution in [1.29, 1.82) is 0 Å². The van der Waals surface area contributed by atoms with Gasteiger partial charge in [-0.25, -0.2) is 5.43 Å². The molecule has 3 rings (SSSR count). The smallest absolute Gasteiger partial charge is 0.271 e. The summed E-state index contributed by atoms with van der Waals surface area (Å²) in [6.45, 7) is 6.95. The van der Waals surface area contributed by atoms with Gasteiger partial charge in [-0.2, -0.15) is 5.10 Å². The van der Waals surface area contributed by atoms with E-state index in [0.717, 1.165) is 16.9 Å². The molecule has 3 aromatic carbocycles. The highest BCUT2D eigenvalue weighted by atomic mass is 16.5. The normalized spacial score (nSPS) is 11.1. The van der Waals surface area contributed by atoms with Gasteiger partial charge in [0, 0.05) is 5.56 Å². The SMILES string of the molecule is CCOc1ccc(/C(C)=N/NC(=O)c2ccc(OCc3ccc(C)cc3)cc2)cc1. The minimum Gasteiger partial charge on any atom is -0.494 e. The van der Waals surface area contributed by atoms with Crippen LogP contribution < -0.4 is 14.9 Å². The molecule has 0 spiro atoms. The number of ether oxygens (including phenoxy) is 2. The number of amides is 1. The van der Waals surface area contributed by atoms with Gasteiger partial charge in [-0.1, -0.05) is 29.8 Å². The van der Waals surface area contributed by atoms with E-state index in [0.29, 0.717) is 30.2 Å². The predicted molar refractivity (Wildman–Crippen MR) is 119 cm³/mol. The third-order valence-electron chi connectivity index (χ3n) is 4.55. The van der Waals surface area contributed by atoms with Crippen molar-refractivity contribution in [2.24, 2.45) is 5.10 Å². The Morgan fingerprint density at radius 2 is 1.40 bits per heavy atom. The molecule has 0 radical (unpaired) electrons. The fourth-order valence-corrected chi connectivity index (χ4v) is 2.78. The first-order valence-corrected chi connectivity index (χ1v) is 9.91. The summed E-state index contributed by atoms with van der Waals surface area (Å²) in [4.78, 5) is 12.4. The van der Waals surface area contributed by atoms with E-state index >= 15 is 0 Å². The molecule has 0 bridgehead atoms. The second-order valence-electron chi connectivity index (χ2n) is 6.89. The van der Waals surface area contributed by atoms with Gasteiger partial charge in [0.1, 0.15) is 18.1 Å². The number of aryl methyl sites for hydroxylation is 1. The fraction of sp³-hybridized carbons (Fsp3) is 0.200. The van der Waals surface area contributed by atoms with Gasteiger partial charge in [-0.15, -0.1) is 0 Å². The van der Waals surface area contributed by atoms with Crippen LogP contribution >= 0.6 is 0 Å². The Morgan fingerprint density at radius 3 is 2.00 bits per heavy atom. The molecule has 0 fully saturated rings. The molecule has 0 saturated heterocycles. The number of hydrogen-bond donors (Lipinski definition) is 1. The first-order chi connectivity index (χ1) is 14.5. The Bertz CT molecular complexity index is 992. The molecule has 0 heterocycles. The summed E-state index contributed by atoms with van der Waals surface area (Å²) in [6, 6.07) is 22.8. The highest BCUT2D eigenvalue weighted by Crippen LogP contribution is 2.15. The quantitative estimate of drug-likeness (QED) is 0.420. The summed E-state index contributed by atoms with van der Waals surface area (Å²) >= 11 is 0. The zero-order valence-corrected chi connectivity index (χ0v) is 17.5. The first kappa shape index (κ1) is 21.1. The lowest BCUT2D eigenvalue weighted by Gasteiger charge is -2.08. The summed E-state index contributed by atoms with van der Waals surface area (Å²) in [5.74, 6) is 1.24. The number of hydrazone groups is 1. The number of nitrogens with one attached hydrogen (secondary N) is 1. The monoisotopic (exact) mass is 402 g/mol. The first-order valence-electron chi connectivity index (χ1n) is 9.91. The van der Waals surface area contributed by atoms with E-state index in [-0.39, 0.29) is 5.91 Å². The Hall–Kier alpha value is -3.60. The summed E-state index contributed by atoms with van der Waals surface area (Å²) in [6.07, 6.45) is 0. The van der Waals surface area contributed by atoms with Gasteiger partial charge in [0.05, 0.1) is 12.3 Å². The van der Waals surface area contributed by atoms with E-state index in [1.54, 1.807) is 24.3 Å². The molecule has 5 nitrogen and oxygen atoms in total. The third kappa shape index (κ3) is 5.95. The summed E-state index contributed by atoms with van der Waals surface area (Å²) in [5, 5.41) is 4.20. The predicted octanol–water partition coefficient (Wildman–Crippen LogP) is 5.13. The van der Waals surface area contributed by atoms with E-state index in [4.69, 9.17) is 9.47 Å². The molecule has 5 heteroatoms. The average Bonchev–Trinajstić information content (AvgIpc) is 2.78. The van der Waals surface area contributed by atoms with Gasteiger partial charge < -0.3 is 9.47 Å². The maximum atomic E-state index is 12.4. The molecular weight excluding hydrogens is 376 g/mol. The summed E-state index contributed by atoms with van der Waals surface area (Å²) in [7, 11) is 0. The van der Waals surface area contributed by atoms with Crippen LogP contribution in [-0.2, 0) is 6.61 Å². The number of carbonyl (C=O) groups is 1. The molecule has 3 aromatic rings. The number of carbonyl (C=O) groups excluding carboxylic acids is 1. The lowest BCUT2D eigenvalue weighted by Crippen LogP contribution is -2.19. The molecule has 0 atom stereocenters. The van der Waals surface area contributed by atoms with Crippen molar-refractivity contribution in [1.82, 2.24) is 5.43 Å². The second-order valence-corrected chi connectivity index (χ2v) is 6.89. The van der Waals surface area contributed by atoms with Crippen molar-refractivity contribution < 1.29 is 14.3 Å². The summed E-state index contributed by atoms with van der Waals surface area (Å²) < 4.78 is 11.2. The largest absolute Gasteiger partial charge is 0.494 e. The van der Waals surface area contributed by atoms with Gasteiger partial charge in [0.2, 0.25) is 0 Å². The molecule has 30 heavy (non-hydrogen) atoms. The molecule has 154 valence electrons. The molecule has 0 aromatic heterocycles. The Balaban J connectivity index is 1.54. The Kier molecular flexibility index (Phi) is 7.22. The molecule has 0 aliphatic carbocycles. The second kappa shape index (κ2) is 10.3. The Morgan fingerprint density at radius 1 is 0.833 bits per heavy atom. The van der Waals surface area contributed by atoms with Crippen LogP contribution in [0.25, 0.3) is 0 Å². The van der Waals surface area contributed by atoms with Crippen LogP contribution in [0.5, 0.6) is 11.5 Å². The standard InChI is InChI=1S/C25H26N2O3/c1-4-29-23-13-9-21(10-14-23)19(3)26-27-25(28)22-11-15-24(16-12-22)30-17-20-7-5-18(2)6-8-20/h5-16H,4,17H2,1-3H3,(H,27,28)/b26-19+. The summed E-state index contributed by atoms with van der Waals surface area (Å²) in [5.41, 5.74) is 7.05. The number of rotatable bonds is 8. The molecule has 0 aliphatic heterocycles. The molecule has 1 amide bonds. The van der Waals surface area contributed by atoms with E-state index in [9.17, 15) is 4.79 Å². The van der Waals surface area contributed by atoms with E-state index < -0.39 is 0 Å². The topological polar surface area (TPSA) is 59.9 Å².